The molecule has 1 N–H and O–H groups in total. The number of carbonyl (C=O) groups excluding carboxylic acids is 1. The van der Waals surface area contributed by atoms with Gasteiger partial charge in [0, 0.05) is 25.2 Å². The van der Waals surface area contributed by atoms with E-state index in [2.05, 4.69) is 17.1 Å². The molecule has 1 amide bonds. The number of carbonyl (C=O) groups is 1. The van der Waals surface area contributed by atoms with Gasteiger partial charge >= 0.3 is 0 Å². The van der Waals surface area contributed by atoms with Gasteiger partial charge < -0.3 is 15.0 Å². The van der Waals surface area contributed by atoms with Crippen LogP contribution in [0.2, 0.25) is 0 Å². The molecule has 2 aliphatic rings. The number of hydrogen-bond acceptors (Lipinski definition) is 4. The zero-order valence-electron chi connectivity index (χ0n) is 17.4. The average Bonchev–Trinajstić information content (AvgIpc) is 2.71. The van der Waals surface area contributed by atoms with Gasteiger partial charge in [-0.25, -0.2) is 0 Å². The Kier molecular flexibility index (Phi) is 7.12. The van der Waals surface area contributed by atoms with Crippen LogP contribution in [0, 0.1) is 5.92 Å². The summed E-state index contributed by atoms with van der Waals surface area (Å²) in [5, 5.41) is 3.23. The number of nitrogens with zero attached hydrogens (tertiary/aromatic N) is 2. The van der Waals surface area contributed by atoms with E-state index in [1.54, 1.807) is 7.11 Å². The molecule has 152 valence electrons. The summed E-state index contributed by atoms with van der Waals surface area (Å²) in [5.74, 6) is 1.52. The van der Waals surface area contributed by atoms with Crippen LogP contribution in [0.1, 0.15) is 63.9 Å². The normalized spacial score (nSPS) is 20.4. The zero-order valence-corrected chi connectivity index (χ0v) is 17.4. The Morgan fingerprint density at radius 1 is 1.21 bits per heavy atom. The Balaban J connectivity index is 1.70. The third-order valence-electron chi connectivity index (χ3n) is 5.70. The highest BCUT2D eigenvalue weighted by molar-refractivity contribution is 5.97. The largest absolute Gasteiger partial charge is 0.497 e. The molecule has 0 bridgehead atoms. The maximum Gasteiger partial charge on any atom is 0.222 e. The number of benzene rings is 1. The molecule has 0 spiro atoms. The van der Waals surface area contributed by atoms with Gasteiger partial charge in [-0.3, -0.25) is 9.79 Å². The molecule has 1 saturated carbocycles. The monoisotopic (exact) mass is 383 g/mol. The Bertz CT molecular complexity index is 718. The SMILES string of the molecule is CCCC1=NC(c2ccc(OC)cc2)=CN(C)C1NC(=O)CC1CCCCC1. The van der Waals surface area contributed by atoms with E-state index in [0.717, 1.165) is 35.6 Å². The summed E-state index contributed by atoms with van der Waals surface area (Å²) in [6, 6.07) is 7.94. The minimum Gasteiger partial charge on any atom is -0.497 e. The molecular weight excluding hydrogens is 350 g/mol. The number of ether oxygens (including phenoxy) is 1. The topological polar surface area (TPSA) is 53.9 Å². The summed E-state index contributed by atoms with van der Waals surface area (Å²) < 4.78 is 5.25. The molecule has 0 saturated heterocycles. The maximum atomic E-state index is 12.7. The van der Waals surface area contributed by atoms with Gasteiger partial charge in [-0.05, 0) is 49.4 Å². The molecule has 5 nitrogen and oxygen atoms in total. The Morgan fingerprint density at radius 3 is 2.57 bits per heavy atom. The van der Waals surface area contributed by atoms with Gasteiger partial charge in [0.1, 0.15) is 11.9 Å². The minimum absolute atomic E-state index is 0.147. The van der Waals surface area contributed by atoms with Crippen molar-refractivity contribution in [1.82, 2.24) is 10.2 Å². The van der Waals surface area contributed by atoms with Gasteiger partial charge in [0.2, 0.25) is 5.91 Å². The lowest BCUT2D eigenvalue weighted by atomic mass is 9.87. The highest BCUT2D eigenvalue weighted by Crippen LogP contribution is 2.27. The number of aliphatic imine (C=N–C) groups is 1. The molecule has 1 aromatic carbocycles. The summed E-state index contributed by atoms with van der Waals surface area (Å²) in [6.07, 6.45) is 10.6. The average molecular weight is 384 g/mol. The van der Waals surface area contributed by atoms with Gasteiger partial charge in [0.25, 0.3) is 0 Å². The summed E-state index contributed by atoms with van der Waals surface area (Å²) in [7, 11) is 3.68. The summed E-state index contributed by atoms with van der Waals surface area (Å²) in [4.78, 5) is 19.7. The molecule has 1 heterocycles. The predicted molar refractivity (Wildman–Crippen MR) is 114 cm³/mol. The molecule has 1 fully saturated rings. The van der Waals surface area contributed by atoms with Crippen LogP contribution in [0.3, 0.4) is 0 Å². The second-order valence-corrected chi connectivity index (χ2v) is 7.94. The van der Waals surface area contributed by atoms with Crippen molar-refractivity contribution in [2.75, 3.05) is 14.2 Å². The summed E-state index contributed by atoms with van der Waals surface area (Å²) in [6.45, 7) is 2.15. The molecule has 5 heteroatoms. The fourth-order valence-corrected chi connectivity index (χ4v) is 4.15. The van der Waals surface area contributed by atoms with Gasteiger partial charge in [0.15, 0.2) is 0 Å². The van der Waals surface area contributed by atoms with Crippen LogP contribution in [0.4, 0.5) is 0 Å². The van der Waals surface area contributed by atoms with Crippen molar-refractivity contribution >= 4 is 17.3 Å². The van der Waals surface area contributed by atoms with Crippen LogP contribution >= 0.6 is 0 Å². The van der Waals surface area contributed by atoms with E-state index in [1.165, 1.54) is 32.1 Å². The van der Waals surface area contributed by atoms with Gasteiger partial charge in [-0.2, -0.15) is 0 Å². The van der Waals surface area contributed by atoms with E-state index in [-0.39, 0.29) is 12.1 Å². The Labute approximate surface area is 168 Å². The van der Waals surface area contributed by atoms with E-state index >= 15 is 0 Å². The molecule has 1 aliphatic heterocycles. The second kappa shape index (κ2) is 9.76. The fraction of sp³-hybridized carbons (Fsp3) is 0.565. The first-order chi connectivity index (χ1) is 13.6. The molecule has 1 unspecified atom stereocenters. The fourth-order valence-electron chi connectivity index (χ4n) is 4.15. The van der Waals surface area contributed by atoms with Crippen LogP contribution < -0.4 is 10.1 Å². The smallest absolute Gasteiger partial charge is 0.222 e. The molecule has 1 atom stereocenters. The van der Waals surface area contributed by atoms with Crippen molar-refractivity contribution in [3.63, 3.8) is 0 Å². The second-order valence-electron chi connectivity index (χ2n) is 7.94. The molecule has 3 rings (SSSR count). The molecular formula is C23H33N3O2. The summed E-state index contributed by atoms with van der Waals surface area (Å²) >= 11 is 0. The van der Waals surface area contributed by atoms with Crippen molar-refractivity contribution in [2.24, 2.45) is 10.9 Å². The number of amides is 1. The van der Waals surface area contributed by atoms with Crippen LogP contribution in [-0.4, -0.2) is 36.8 Å². The van der Waals surface area contributed by atoms with Crippen molar-refractivity contribution in [2.45, 2.75) is 64.5 Å². The van der Waals surface area contributed by atoms with E-state index < -0.39 is 0 Å². The van der Waals surface area contributed by atoms with Gasteiger partial charge in [-0.15, -0.1) is 0 Å². The Morgan fingerprint density at radius 2 is 1.93 bits per heavy atom. The van der Waals surface area contributed by atoms with E-state index in [0.29, 0.717) is 12.3 Å². The van der Waals surface area contributed by atoms with Crippen LogP contribution in [-0.2, 0) is 4.79 Å². The van der Waals surface area contributed by atoms with Crippen LogP contribution in [0.15, 0.2) is 35.5 Å². The lowest BCUT2D eigenvalue weighted by Gasteiger charge is -2.33. The van der Waals surface area contributed by atoms with Crippen molar-refractivity contribution in [3.05, 3.63) is 36.0 Å². The predicted octanol–water partition coefficient (Wildman–Crippen LogP) is 4.59. The molecule has 1 aliphatic carbocycles. The first kappa shape index (κ1) is 20.4. The molecule has 0 radical (unpaired) electrons. The van der Waals surface area contributed by atoms with Crippen molar-refractivity contribution in [1.29, 1.82) is 0 Å². The van der Waals surface area contributed by atoms with Crippen molar-refractivity contribution < 1.29 is 9.53 Å². The highest BCUT2D eigenvalue weighted by atomic mass is 16.5. The van der Waals surface area contributed by atoms with E-state index in [4.69, 9.17) is 9.73 Å². The van der Waals surface area contributed by atoms with Gasteiger partial charge in [-0.1, -0.05) is 32.6 Å². The van der Waals surface area contributed by atoms with Crippen LogP contribution in [0.5, 0.6) is 5.75 Å². The third kappa shape index (κ3) is 5.15. The minimum atomic E-state index is -0.155. The summed E-state index contributed by atoms with van der Waals surface area (Å²) in [5.41, 5.74) is 3.00. The lowest BCUT2D eigenvalue weighted by Crippen LogP contribution is -2.51. The first-order valence-electron chi connectivity index (χ1n) is 10.6. The number of nitrogens with one attached hydrogen (secondary N) is 1. The van der Waals surface area contributed by atoms with Crippen molar-refractivity contribution in [3.8, 4) is 5.75 Å². The standard InChI is InChI=1S/C23H33N3O2/c1-4-8-20-23(25-22(27)15-17-9-6-5-7-10-17)26(2)16-21(24-20)18-11-13-19(28-3)14-12-18/h11-14,16-17,23H,4-10,15H2,1-3H3,(H,25,27). The Hall–Kier alpha value is -2.30. The zero-order chi connectivity index (χ0) is 19.9. The number of methoxy groups -OCH3 is 1. The maximum absolute atomic E-state index is 12.7. The van der Waals surface area contributed by atoms with Gasteiger partial charge in [0.05, 0.1) is 18.5 Å². The third-order valence-corrected chi connectivity index (χ3v) is 5.70. The molecule has 1 aromatic rings. The quantitative estimate of drug-likeness (QED) is 0.749. The first-order valence-corrected chi connectivity index (χ1v) is 10.6. The molecule has 0 aromatic heterocycles. The number of rotatable bonds is 7. The van der Waals surface area contributed by atoms with E-state index in [9.17, 15) is 4.79 Å². The molecule has 28 heavy (non-hydrogen) atoms. The number of hydrogen-bond donors (Lipinski definition) is 1. The van der Waals surface area contributed by atoms with Crippen LogP contribution in [0.25, 0.3) is 5.70 Å². The highest BCUT2D eigenvalue weighted by Gasteiger charge is 2.27. The lowest BCUT2D eigenvalue weighted by molar-refractivity contribution is -0.123. The van der Waals surface area contributed by atoms with E-state index in [1.807, 2.05) is 37.5 Å².